The van der Waals surface area contributed by atoms with E-state index in [2.05, 4.69) is 15.1 Å². The van der Waals surface area contributed by atoms with Crippen LogP contribution in [0.4, 0.5) is 0 Å². The van der Waals surface area contributed by atoms with E-state index in [-0.39, 0.29) is 11.8 Å². The van der Waals surface area contributed by atoms with Crippen molar-refractivity contribution in [2.75, 3.05) is 19.3 Å². The van der Waals surface area contributed by atoms with Crippen molar-refractivity contribution in [2.24, 2.45) is 0 Å². The summed E-state index contributed by atoms with van der Waals surface area (Å²) in [5, 5.41) is 4.77. The first kappa shape index (κ1) is 15.0. The van der Waals surface area contributed by atoms with Gasteiger partial charge >= 0.3 is 0 Å². The molecule has 116 valence electrons. The number of likely N-dealkylation sites (tertiary alicyclic amines) is 1. The van der Waals surface area contributed by atoms with E-state index < -0.39 is 0 Å². The zero-order valence-electron chi connectivity index (χ0n) is 12.7. The molecule has 6 nitrogen and oxygen atoms in total. The van der Waals surface area contributed by atoms with Gasteiger partial charge in [0, 0.05) is 32.1 Å². The van der Waals surface area contributed by atoms with Crippen LogP contribution in [-0.2, 0) is 0 Å². The average molecular weight is 318 g/mol. The SMILES string of the molecule is CSc1ncccc1C(=O)N1CCCC(c2noc(C)n2)C1. The van der Waals surface area contributed by atoms with Crippen LogP contribution in [0.1, 0.15) is 40.8 Å². The van der Waals surface area contributed by atoms with E-state index in [1.165, 1.54) is 11.8 Å². The zero-order chi connectivity index (χ0) is 15.5. The Morgan fingerprint density at radius 2 is 2.36 bits per heavy atom. The van der Waals surface area contributed by atoms with Crippen molar-refractivity contribution in [1.82, 2.24) is 20.0 Å². The molecule has 0 N–H and O–H groups in total. The number of amides is 1. The minimum atomic E-state index is 0.0300. The van der Waals surface area contributed by atoms with E-state index in [0.717, 1.165) is 24.4 Å². The number of thioether (sulfide) groups is 1. The second kappa shape index (κ2) is 6.48. The second-order valence-corrected chi connectivity index (χ2v) is 6.12. The summed E-state index contributed by atoms with van der Waals surface area (Å²) in [5.74, 6) is 1.44. The normalized spacial score (nSPS) is 18.5. The van der Waals surface area contributed by atoms with Gasteiger partial charge in [-0.25, -0.2) is 4.98 Å². The summed E-state index contributed by atoms with van der Waals surface area (Å²) in [7, 11) is 0. The molecule has 0 aromatic carbocycles. The number of piperidine rings is 1. The molecule has 0 radical (unpaired) electrons. The quantitative estimate of drug-likeness (QED) is 0.810. The number of aryl methyl sites for hydroxylation is 1. The van der Waals surface area contributed by atoms with Crippen molar-refractivity contribution in [2.45, 2.75) is 30.7 Å². The van der Waals surface area contributed by atoms with Gasteiger partial charge in [-0.1, -0.05) is 5.16 Å². The van der Waals surface area contributed by atoms with Gasteiger partial charge in [0.25, 0.3) is 5.91 Å². The van der Waals surface area contributed by atoms with Gasteiger partial charge in [-0.05, 0) is 31.2 Å². The number of pyridine rings is 1. The van der Waals surface area contributed by atoms with Crippen LogP contribution >= 0.6 is 11.8 Å². The lowest BCUT2D eigenvalue weighted by Crippen LogP contribution is -2.39. The lowest BCUT2D eigenvalue weighted by atomic mass is 9.97. The Labute approximate surface area is 133 Å². The van der Waals surface area contributed by atoms with Crippen LogP contribution in [-0.4, -0.2) is 45.3 Å². The highest BCUT2D eigenvalue weighted by molar-refractivity contribution is 7.98. The smallest absolute Gasteiger partial charge is 0.256 e. The molecule has 0 bridgehead atoms. The molecule has 1 aliphatic rings. The summed E-state index contributed by atoms with van der Waals surface area (Å²) in [4.78, 5) is 23.2. The van der Waals surface area contributed by atoms with Crippen molar-refractivity contribution in [3.8, 4) is 0 Å². The summed E-state index contributed by atoms with van der Waals surface area (Å²) in [5.41, 5.74) is 0.667. The average Bonchev–Trinajstić information content (AvgIpc) is 3.01. The van der Waals surface area contributed by atoms with Gasteiger partial charge in [-0.3, -0.25) is 4.79 Å². The van der Waals surface area contributed by atoms with Gasteiger partial charge in [0.15, 0.2) is 5.82 Å². The summed E-state index contributed by atoms with van der Waals surface area (Å²) < 4.78 is 5.06. The molecular formula is C15H18N4O2S. The third kappa shape index (κ3) is 2.99. The first-order valence-electron chi connectivity index (χ1n) is 7.27. The lowest BCUT2D eigenvalue weighted by molar-refractivity contribution is 0.0699. The zero-order valence-corrected chi connectivity index (χ0v) is 13.5. The van der Waals surface area contributed by atoms with E-state index in [1.54, 1.807) is 19.2 Å². The highest BCUT2D eigenvalue weighted by Crippen LogP contribution is 2.27. The van der Waals surface area contributed by atoms with Gasteiger partial charge in [0.1, 0.15) is 5.03 Å². The summed E-state index contributed by atoms with van der Waals surface area (Å²) >= 11 is 1.49. The van der Waals surface area contributed by atoms with Gasteiger partial charge in [0.2, 0.25) is 5.89 Å². The number of hydrogen-bond donors (Lipinski definition) is 0. The fourth-order valence-electron chi connectivity index (χ4n) is 2.74. The number of rotatable bonds is 3. The molecule has 2 aromatic heterocycles. The second-order valence-electron chi connectivity index (χ2n) is 5.32. The third-order valence-corrected chi connectivity index (χ3v) is 4.52. The largest absolute Gasteiger partial charge is 0.340 e. The summed E-state index contributed by atoms with van der Waals surface area (Å²) in [6, 6.07) is 3.64. The Morgan fingerprint density at radius 1 is 1.50 bits per heavy atom. The maximum Gasteiger partial charge on any atom is 0.256 e. The van der Waals surface area contributed by atoms with Crippen LogP contribution < -0.4 is 0 Å². The number of carbonyl (C=O) groups is 1. The molecule has 1 atom stereocenters. The topological polar surface area (TPSA) is 72.1 Å². The third-order valence-electron chi connectivity index (χ3n) is 3.81. The molecule has 22 heavy (non-hydrogen) atoms. The van der Waals surface area contributed by atoms with E-state index in [4.69, 9.17) is 4.52 Å². The molecule has 3 rings (SSSR count). The monoisotopic (exact) mass is 318 g/mol. The fourth-order valence-corrected chi connectivity index (χ4v) is 3.28. The molecular weight excluding hydrogens is 300 g/mol. The minimum Gasteiger partial charge on any atom is -0.340 e. The molecule has 7 heteroatoms. The molecule has 3 heterocycles. The van der Waals surface area contributed by atoms with Crippen LogP contribution in [0.2, 0.25) is 0 Å². The van der Waals surface area contributed by atoms with Crippen molar-refractivity contribution in [3.63, 3.8) is 0 Å². The van der Waals surface area contributed by atoms with Gasteiger partial charge in [-0.2, -0.15) is 4.98 Å². The predicted molar refractivity (Wildman–Crippen MR) is 82.9 cm³/mol. The van der Waals surface area contributed by atoms with Crippen LogP contribution in [0.15, 0.2) is 27.9 Å². The molecule has 0 spiro atoms. The highest BCUT2D eigenvalue weighted by atomic mass is 32.2. The molecule has 1 saturated heterocycles. The molecule has 1 fully saturated rings. The predicted octanol–water partition coefficient (Wildman–Crippen LogP) is 2.51. The van der Waals surface area contributed by atoms with Gasteiger partial charge < -0.3 is 9.42 Å². The molecule has 0 aliphatic carbocycles. The number of hydrogen-bond acceptors (Lipinski definition) is 6. The Bertz CT molecular complexity index is 673. The standard InChI is InChI=1S/C15H18N4O2S/c1-10-17-13(18-21-10)11-5-4-8-19(9-11)15(20)12-6-3-7-16-14(12)22-2/h3,6-7,11H,4-5,8-9H2,1-2H3. The van der Waals surface area contributed by atoms with Crippen LogP contribution in [0.5, 0.6) is 0 Å². The lowest BCUT2D eigenvalue weighted by Gasteiger charge is -2.31. The van der Waals surface area contributed by atoms with Crippen LogP contribution in [0, 0.1) is 6.92 Å². The van der Waals surface area contributed by atoms with E-state index in [1.807, 2.05) is 17.2 Å². The summed E-state index contributed by atoms with van der Waals surface area (Å²) in [6.07, 6.45) is 5.56. The number of aromatic nitrogens is 3. The maximum atomic E-state index is 12.8. The molecule has 1 amide bonds. The van der Waals surface area contributed by atoms with Crippen molar-refractivity contribution in [1.29, 1.82) is 0 Å². The Hall–Kier alpha value is -1.89. The first-order valence-corrected chi connectivity index (χ1v) is 8.50. The molecule has 1 unspecified atom stereocenters. The van der Waals surface area contributed by atoms with Gasteiger partial charge in [0.05, 0.1) is 5.56 Å². The number of carbonyl (C=O) groups excluding carboxylic acids is 1. The van der Waals surface area contributed by atoms with Crippen molar-refractivity contribution in [3.05, 3.63) is 35.6 Å². The number of nitrogens with zero attached hydrogens (tertiary/aromatic N) is 4. The molecule has 2 aromatic rings. The molecule has 0 saturated carbocycles. The fraction of sp³-hybridized carbons (Fsp3) is 0.467. The van der Waals surface area contributed by atoms with Crippen LogP contribution in [0.3, 0.4) is 0 Å². The Balaban J connectivity index is 1.78. The van der Waals surface area contributed by atoms with Crippen molar-refractivity contribution >= 4 is 17.7 Å². The van der Waals surface area contributed by atoms with E-state index >= 15 is 0 Å². The Kier molecular flexibility index (Phi) is 4.42. The first-order chi connectivity index (χ1) is 10.7. The van der Waals surface area contributed by atoms with E-state index in [9.17, 15) is 4.79 Å². The maximum absolute atomic E-state index is 12.8. The Morgan fingerprint density at radius 3 is 3.09 bits per heavy atom. The van der Waals surface area contributed by atoms with Gasteiger partial charge in [-0.15, -0.1) is 11.8 Å². The van der Waals surface area contributed by atoms with E-state index in [0.29, 0.717) is 23.8 Å². The van der Waals surface area contributed by atoms with Crippen LogP contribution in [0.25, 0.3) is 0 Å². The highest BCUT2D eigenvalue weighted by Gasteiger charge is 2.29. The summed E-state index contributed by atoms with van der Waals surface area (Å²) in [6.45, 7) is 3.16. The van der Waals surface area contributed by atoms with Crippen molar-refractivity contribution < 1.29 is 9.32 Å². The minimum absolute atomic E-state index is 0.0300. The molecule has 1 aliphatic heterocycles.